The van der Waals surface area contributed by atoms with Crippen LogP contribution in [-0.2, 0) is 26.2 Å². The first-order chi connectivity index (χ1) is 17.9. The maximum Gasteiger partial charge on any atom is 2.00 e. The summed E-state index contributed by atoms with van der Waals surface area (Å²) in [6, 6.07) is 51.0. The molecular weight excluding hydrogens is 524 g/mol. The molecule has 1 atom stereocenters. The maximum absolute atomic E-state index is 3.70. The predicted octanol–water partition coefficient (Wildman–Crippen LogP) is 9.46. The number of rotatable bonds is 3. The molecule has 0 heterocycles. The molecule has 0 aliphatic heterocycles. The standard InChI is InChI=1S/C23H17.C13H9.Zr/c1-4-10-18(11-5-1)21-16-22(19-12-6-2-7-13-19)23(17-21)20-14-8-3-9-15-20;1-3-7-12-10(5-1)9-11-6-2-4-8-13(11)12;/h1-16,21H;1-9H;/q2*-1;+2. The van der Waals surface area contributed by atoms with E-state index in [0.717, 1.165) is 0 Å². The molecule has 174 valence electrons. The van der Waals surface area contributed by atoms with E-state index in [1.165, 1.54) is 49.4 Å². The minimum absolute atomic E-state index is 0. The monoisotopic (exact) mass is 548 g/mol. The zero-order valence-electron chi connectivity index (χ0n) is 20.5. The average molecular weight is 550 g/mol. The third-order valence-corrected chi connectivity index (χ3v) is 6.73. The van der Waals surface area contributed by atoms with Crippen LogP contribution >= 0.6 is 0 Å². The molecule has 0 N–H and O–H groups in total. The van der Waals surface area contributed by atoms with Crippen LogP contribution in [-0.4, -0.2) is 0 Å². The molecule has 1 aliphatic rings. The van der Waals surface area contributed by atoms with Crippen molar-refractivity contribution in [3.63, 3.8) is 0 Å². The van der Waals surface area contributed by atoms with E-state index in [-0.39, 0.29) is 32.1 Å². The maximum atomic E-state index is 3.70. The Labute approximate surface area is 238 Å². The molecule has 6 aromatic rings. The molecule has 1 heteroatoms. The Morgan fingerprint density at radius 1 is 0.486 bits per heavy atom. The molecule has 0 aromatic heterocycles. The summed E-state index contributed by atoms with van der Waals surface area (Å²) in [6.07, 6.45) is 6.02. The van der Waals surface area contributed by atoms with Gasteiger partial charge in [-0.2, -0.15) is 11.6 Å². The second-order valence-corrected chi connectivity index (χ2v) is 9.04. The summed E-state index contributed by atoms with van der Waals surface area (Å²) >= 11 is 0. The van der Waals surface area contributed by atoms with Gasteiger partial charge in [0.15, 0.2) is 0 Å². The van der Waals surface area contributed by atoms with Gasteiger partial charge in [0.25, 0.3) is 0 Å². The number of allylic oxidation sites excluding steroid dienone is 4. The number of hydrogen-bond donors (Lipinski definition) is 0. The molecule has 0 spiro atoms. The van der Waals surface area contributed by atoms with Gasteiger partial charge in [-0.25, -0.2) is 0 Å². The first-order valence-electron chi connectivity index (χ1n) is 12.4. The summed E-state index contributed by atoms with van der Waals surface area (Å²) in [5.74, 6) is 0.210. The molecule has 0 fully saturated rings. The molecule has 0 saturated carbocycles. The molecule has 0 radical (unpaired) electrons. The fraction of sp³-hybridized carbons (Fsp3) is 0.0278. The summed E-state index contributed by atoms with van der Waals surface area (Å²) in [4.78, 5) is 0. The van der Waals surface area contributed by atoms with Crippen LogP contribution in [0.4, 0.5) is 0 Å². The largest absolute Gasteiger partial charge is 2.00 e. The van der Waals surface area contributed by atoms with Crippen LogP contribution in [0.25, 0.3) is 32.7 Å². The van der Waals surface area contributed by atoms with Crippen LogP contribution in [0.1, 0.15) is 22.6 Å². The number of benzene rings is 5. The normalized spacial score (nSPS) is 14.3. The van der Waals surface area contributed by atoms with Crippen LogP contribution in [0.5, 0.6) is 0 Å². The van der Waals surface area contributed by atoms with Crippen molar-refractivity contribution in [2.45, 2.75) is 5.92 Å². The minimum atomic E-state index is 0. The zero-order valence-corrected chi connectivity index (χ0v) is 23.0. The SMILES string of the molecule is [C-]1=C(c2ccccc2)C(c2ccccc2)=CC1c1ccccc1.[Zr+2].c1ccc2c(c1)[cH-]c1ccccc12. The van der Waals surface area contributed by atoms with Crippen molar-refractivity contribution in [3.05, 3.63) is 174 Å². The van der Waals surface area contributed by atoms with Gasteiger partial charge in [-0.1, -0.05) is 126 Å². The number of fused-ring (bicyclic) bond motifs is 3. The summed E-state index contributed by atoms with van der Waals surface area (Å²) in [6.45, 7) is 0. The summed E-state index contributed by atoms with van der Waals surface area (Å²) in [5.41, 5.74) is 6.22. The van der Waals surface area contributed by atoms with Crippen molar-refractivity contribution >= 4 is 32.7 Å². The van der Waals surface area contributed by atoms with Gasteiger partial charge in [0.2, 0.25) is 0 Å². The Balaban J connectivity index is 0.000000170. The predicted molar refractivity (Wildman–Crippen MR) is 154 cm³/mol. The van der Waals surface area contributed by atoms with E-state index in [1.807, 2.05) is 0 Å². The Kier molecular flexibility index (Phi) is 7.83. The van der Waals surface area contributed by atoms with Gasteiger partial charge < -0.3 is 0 Å². The molecular formula is C36H26Zr. The van der Waals surface area contributed by atoms with E-state index in [9.17, 15) is 0 Å². The Morgan fingerprint density at radius 3 is 1.51 bits per heavy atom. The van der Waals surface area contributed by atoms with Gasteiger partial charge in [-0.05, 0) is 5.92 Å². The van der Waals surface area contributed by atoms with Crippen molar-refractivity contribution in [1.29, 1.82) is 0 Å². The van der Waals surface area contributed by atoms with Crippen molar-refractivity contribution in [2.24, 2.45) is 0 Å². The van der Waals surface area contributed by atoms with Gasteiger partial charge in [-0.3, -0.25) is 0 Å². The molecule has 7 rings (SSSR count). The fourth-order valence-corrected chi connectivity index (χ4v) is 4.97. The minimum Gasteiger partial charge on any atom is -0.189 e. The van der Waals surface area contributed by atoms with E-state index in [1.54, 1.807) is 0 Å². The van der Waals surface area contributed by atoms with Gasteiger partial charge in [-0.15, -0.1) is 69.1 Å². The van der Waals surface area contributed by atoms with Crippen LogP contribution in [0.2, 0.25) is 0 Å². The van der Waals surface area contributed by atoms with Gasteiger partial charge >= 0.3 is 26.2 Å². The molecule has 1 aliphatic carbocycles. The van der Waals surface area contributed by atoms with E-state index in [0.29, 0.717) is 0 Å². The van der Waals surface area contributed by atoms with E-state index >= 15 is 0 Å². The van der Waals surface area contributed by atoms with Gasteiger partial charge in [0.05, 0.1) is 0 Å². The smallest absolute Gasteiger partial charge is 0.189 e. The fourth-order valence-electron chi connectivity index (χ4n) is 4.97. The molecule has 37 heavy (non-hydrogen) atoms. The Hall–Kier alpha value is -3.67. The third-order valence-electron chi connectivity index (χ3n) is 6.73. The Morgan fingerprint density at radius 2 is 0.946 bits per heavy atom. The van der Waals surface area contributed by atoms with Crippen LogP contribution in [0.15, 0.2) is 152 Å². The van der Waals surface area contributed by atoms with E-state index in [4.69, 9.17) is 0 Å². The Bertz CT molecular complexity index is 1550. The van der Waals surface area contributed by atoms with Gasteiger partial charge in [0.1, 0.15) is 0 Å². The summed E-state index contributed by atoms with van der Waals surface area (Å²) < 4.78 is 0. The van der Waals surface area contributed by atoms with Gasteiger partial charge in [0, 0.05) is 0 Å². The molecule has 0 amide bonds. The zero-order chi connectivity index (χ0) is 24.2. The molecule has 0 bridgehead atoms. The second-order valence-electron chi connectivity index (χ2n) is 9.04. The second kappa shape index (κ2) is 11.6. The van der Waals surface area contributed by atoms with Crippen LogP contribution in [0.3, 0.4) is 0 Å². The quantitative estimate of drug-likeness (QED) is 0.193. The first-order valence-corrected chi connectivity index (χ1v) is 12.4. The van der Waals surface area contributed by atoms with E-state index in [2.05, 4.69) is 158 Å². The van der Waals surface area contributed by atoms with Crippen molar-refractivity contribution in [3.8, 4) is 0 Å². The summed E-state index contributed by atoms with van der Waals surface area (Å²) in [7, 11) is 0. The molecule has 6 aromatic carbocycles. The molecule has 0 saturated heterocycles. The third kappa shape index (κ3) is 5.38. The average Bonchev–Trinajstić information content (AvgIpc) is 3.58. The topological polar surface area (TPSA) is 0 Å². The van der Waals surface area contributed by atoms with Crippen LogP contribution in [0, 0.1) is 6.08 Å². The van der Waals surface area contributed by atoms with Crippen LogP contribution < -0.4 is 0 Å². The number of hydrogen-bond acceptors (Lipinski definition) is 0. The van der Waals surface area contributed by atoms with Crippen molar-refractivity contribution < 1.29 is 26.2 Å². The van der Waals surface area contributed by atoms with Crippen molar-refractivity contribution in [1.82, 2.24) is 0 Å². The first kappa shape index (κ1) is 25.0. The summed E-state index contributed by atoms with van der Waals surface area (Å²) in [5, 5.41) is 5.39. The molecule has 1 unspecified atom stereocenters. The van der Waals surface area contributed by atoms with E-state index < -0.39 is 0 Å². The van der Waals surface area contributed by atoms with Crippen molar-refractivity contribution in [2.75, 3.05) is 0 Å². The molecule has 0 nitrogen and oxygen atoms in total.